The summed E-state index contributed by atoms with van der Waals surface area (Å²) >= 11 is 3.37. The Hall–Kier alpha value is -0.570. The largest absolute Gasteiger partial charge is 0.381 e. The van der Waals surface area contributed by atoms with Gasteiger partial charge in [0.15, 0.2) is 0 Å². The summed E-state index contributed by atoms with van der Waals surface area (Å²) in [6, 6.07) is 4.63. The van der Waals surface area contributed by atoms with Gasteiger partial charge < -0.3 is 5.32 Å². The highest BCUT2D eigenvalue weighted by Crippen LogP contribution is 2.18. The average Bonchev–Trinajstić information content (AvgIpc) is 2.21. The van der Waals surface area contributed by atoms with Crippen molar-refractivity contribution in [2.24, 2.45) is 0 Å². The minimum absolute atomic E-state index is 0.566. The van der Waals surface area contributed by atoms with Gasteiger partial charge in [-0.1, -0.05) is 20.3 Å². The van der Waals surface area contributed by atoms with Crippen molar-refractivity contribution in [1.82, 2.24) is 4.98 Å². The van der Waals surface area contributed by atoms with E-state index in [0.717, 1.165) is 22.4 Å². The van der Waals surface area contributed by atoms with Crippen LogP contribution in [0.5, 0.6) is 0 Å². The molecule has 0 fully saturated rings. The lowest BCUT2D eigenvalue weighted by atomic mass is 10.1. The molecule has 1 atom stereocenters. The maximum absolute atomic E-state index is 4.38. The molecule has 0 saturated carbocycles. The predicted octanol–water partition coefficient (Wildman–Crippen LogP) is 4.14. The molecule has 0 amide bonds. The first-order chi connectivity index (χ1) is 7.17. The van der Waals surface area contributed by atoms with Crippen LogP contribution in [-0.4, -0.2) is 11.0 Å². The van der Waals surface area contributed by atoms with Gasteiger partial charge in [0.2, 0.25) is 0 Å². The summed E-state index contributed by atoms with van der Waals surface area (Å²) in [6.07, 6.45) is 3.59. The minimum Gasteiger partial charge on any atom is -0.381 e. The molecule has 1 heterocycles. The lowest BCUT2D eigenvalue weighted by Crippen LogP contribution is -2.18. The average molecular weight is 271 g/mol. The fourth-order valence-corrected chi connectivity index (χ4v) is 2.03. The van der Waals surface area contributed by atoms with E-state index in [2.05, 4.69) is 46.1 Å². The molecule has 0 spiro atoms. The third kappa shape index (κ3) is 3.82. The number of halogens is 1. The van der Waals surface area contributed by atoms with Gasteiger partial charge in [0.25, 0.3) is 0 Å². The van der Waals surface area contributed by atoms with Crippen molar-refractivity contribution in [2.75, 3.05) is 5.32 Å². The van der Waals surface area contributed by atoms with Crippen LogP contribution in [0.3, 0.4) is 0 Å². The van der Waals surface area contributed by atoms with Crippen molar-refractivity contribution in [3.05, 3.63) is 22.4 Å². The van der Waals surface area contributed by atoms with E-state index >= 15 is 0 Å². The molecule has 1 aromatic rings. The van der Waals surface area contributed by atoms with Crippen LogP contribution in [0.1, 0.15) is 38.8 Å². The van der Waals surface area contributed by atoms with Crippen LogP contribution in [0.15, 0.2) is 16.7 Å². The van der Waals surface area contributed by atoms with Crippen molar-refractivity contribution >= 4 is 21.6 Å². The van der Waals surface area contributed by atoms with E-state index in [1.54, 1.807) is 0 Å². The second-order valence-electron chi connectivity index (χ2n) is 3.81. The van der Waals surface area contributed by atoms with E-state index in [4.69, 9.17) is 0 Å². The van der Waals surface area contributed by atoms with Gasteiger partial charge in [0.1, 0.15) is 4.60 Å². The molecule has 0 aliphatic heterocycles. The summed E-state index contributed by atoms with van der Waals surface area (Å²) in [7, 11) is 0. The SMILES string of the molecule is CCCC(CC)Nc1ccc(Br)nc1C. The Kier molecular flexibility index (Phi) is 5.09. The Morgan fingerprint density at radius 2 is 2.13 bits per heavy atom. The van der Waals surface area contributed by atoms with Gasteiger partial charge in [-0.25, -0.2) is 4.98 Å². The number of nitrogens with zero attached hydrogens (tertiary/aromatic N) is 1. The van der Waals surface area contributed by atoms with Crippen LogP contribution >= 0.6 is 15.9 Å². The molecule has 0 aliphatic rings. The van der Waals surface area contributed by atoms with Crippen LogP contribution in [0.4, 0.5) is 5.69 Å². The molecule has 0 saturated heterocycles. The molecular weight excluding hydrogens is 252 g/mol. The van der Waals surface area contributed by atoms with Crippen molar-refractivity contribution in [3.8, 4) is 0 Å². The lowest BCUT2D eigenvalue weighted by molar-refractivity contribution is 0.622. The van der Waals surface area contributed by atoms with Gasteiger partial charge >= 0.3 is 0 Å². The Balaban J connectivity index is 2.70. The molecule has 15 heavy (non-hydrogen) atoms. The zero-order valence-corrected chi connectivity index (χ0v) is 11.3. The van der Waals surface area contributed by atoms with Gasteiger partial charge in [-0.15, -0.1) is 0 Å². The van der Waals surface area contributed by atoms with Gasteiger partial charge in [-0.05, 0) is 47.8 Å². The Morgan fingerprint density at radius 1 is 1.40 bits per heavy atom. The first-order valence-electron chi connectivity index (χ1n) is 5.57. The zero-order chi connectivity index (χ0) is 11.3. The quantitative estimate of drug-likeness (QED) is 0.814. The highest BCUT2D eigenvalue weighted by molar-refractivity contribution is 9.10. The van der Waals surface area contributed by atoms with Crippen LogP contribution in [0.2, 0.25) is 0 Å². The molecule has 0 aromatic carbocycles. The lowest BCUT2D eigenvalue weighted by Gasteiger charge is -2.18. The topological polar surface area (TPSA) is 24.9 Å². The third-order valence-electron chi connectivity index (χ3n) is 2.54. The van der Waals surface area contributed by atoms with Gasteiger partial charge in [0, 0.05) is 6.04 Å². The molecule has 84 valence electrons. The monoisotopic (exact) mass is 270 g/mol. The van der Waals surface area contributed by atoms with Crippen LogP contribution < -0.4 is 5.32 Å². The van der Waals surface area contributed by atoms with Crippen LogP contribution in [0.25, 0.3) is 0 Å². The van der Waals surface area contributed by atoms with E-state index in [9.17, 15) is 0 Å². The molecule has 3 heteroatoms. The number of aryl methyl sites for hydroxylation is 1. The number of aromatic nitrogens is 1. The summed E-state index contributed by atoms with van der Waals surface area (Å²) in [5, 5.41) is 3.54. The minimum atomic E-state index is 0.566. The molecule has 1 unspecified atom stereocenters. The molecule has 0 aliphatic carbocycles. The zero-order valence-electron chi connectivity index (χ0n) is 9.68. The fourth-order valence-electron chi connectivity index (χ4n) is 1.63. The Morgan fingerprint density at radius 3 is 2.67 bits per heavy atom. The first-order valence-corrected chi connectivity index (χ1v) is 6.36. The van der Waals surface area contributed by atoms with Crippen molar-refractivity contribution in [1.29, 1.82) is 0 Å². The second-order valence-corrected chi connectivity index (χ2v) is 4.62. The van der Waals surface area contributed by atoms with E-state index in [0.29, 0.717) is 6.04 Å². The maximum atomic E-state index is 4.38. The molecule has 1 N–H and O–H groups in total. The van der Waals surface area contributed by atoms with Crippen LogP contribution in [0, 0.1) is 6.92 Å². The predicted molar refractivity (Wildman–Crippen MR) is 69.3 cm³/mol. The van der Waals surface area contributed by atoms with E-state index in [-0.39, 0.29) is 0 Å². The molecule has 1 rings (SSSR count). The van der Waals surface area contributed by atoms with Gasteiger partial charge in [-0.2, -0.15) is 0 Å². The molecule has 2 nitrogen and oxygen atoms in total. The number of hydrogen-bond donors (Lipinski definition) is 1. The molecule has 0 bridgehead atoms. The van der Waals surface area contributed by atoms with Gasteiger partial charge in [-0.3, -0.25) is 0 Å². The number of hydrogen-bond acceptors (Lipinski definition) is 2. The maximum Gasteiger partial charge on any atom is 0.106 e. The highest BCUT2D eigenvalue weighted by atomic mass is 79.9. The molecular formula is C12H19BrN2. The third-order valence-corrected chi connectivity index (χ3v) is 2.98. The normalized spacial score (nSPS) is 12.5. The van der Waals surface area contributed by atoms with Crippen molar-refractivity contribution in [2.45, 2.75) is 46.1 Å². The summed E-state index contributed by atoms with van der Waals surface area (Å²) in [4.78, 5) is 4.38. The number of pyridine rings is 1. The molecule has 0 radical (unpaired) electrons. The number of rotatable bonds is 5. The Bertz CT molecular complexity index is 312. The summed E-state index contributed by atoms with van der Waals surface area (Å²) in [5.41, 5.74) is 2.21. The first kappa shape index (κ1) is 12.5. The van der Waals surface area contributed by atoms with E-state index < -0.39 is 0 Å². The smallest absolute Gasteiger partial charge is 0.106 e. The fraction of sp³-hybridized carbons (Fsp3) is 0.583. The summed E-state index contributed by atoms with van der Waals surface area (Å²) in [6.45, 7) is 6.47. The van der Waals surface area contributed by atoms with E-state index in [1.807, 2.05) is 13.0 Å². The Labute approximate surface area is 101 Å². The second kappa shape index (κ2) is 6.11. The van der Waals surface area contributed by atoms with E-state index in [1.165, 1.54) is 12.8 Å². The molecule has 1 aromatic heterocycles. The van der Waals surface area contributed by atoms with Crippen molar-refractivity contribution in [3.63, 3.8) is 0 Å². The van der Waals surface area contributed by atoms with Gasteiger partial charge in [0.05, 0.1) is 11.4 Å². The standard InChI is InChI=1S/C12H19BrN2/c1-4-6-10(5-2)15-11-7-8-12(13)14-9(11)3/h7-8,10,15H,4-6H2,1-3H3. The number of nitrogens with one attached hydrogen (secondary N) is 1. The summed E-state index contributed by atoms with van der Waals surface area (Å²) < 4.78 is 0.897. The van der Waals surface area contributed by atoms with Crippen LogP contribution in [-0.2, 0) is 0 Å². The number of anilines is 1. The van der Waals surface area contributed by atoms with Crippen molar-refractivity contribution < 1.29 is 0 Å². The highest BCUT2D eigenvalue weighted by Gasteiger charge is 2.07. The summed E-state index contributed by atoms with van der Waals surface area (Å²) in [5.74, 6) is 0.